The molecular weight excluding hydrogens is 342 g/mol. The van der Waals surface area contributed by atoms with Gasteiger partial charge in [-0.3, -0.25) is 9.59 Å². The number of carbonyl (C=O) groups is 2. The van der Waals surface area contributed by atoms with Crippen molar-refractivity contribution < 1.29 is 14.7 Å². The zero-order valence-corrected chi connectivity index (χ0v) is 16.7. The van der Waals surface area contributed by atoms with Crippen molar-refractivity contribution in [3.8, 4) is 5.69 Å². The van der Waals surface area contributed by atoms with Crippen molar-refractivity contribution in [3.05, 3.63) is 46.8 Å². The molecule has 0 radical (unpaired) electrons. The van der Waals surface area contributed by atoms with E-state index in [-0.39, 0.29) is 12.3 Å². The van der Waals surface area contributed by atoms with Crippen LogP contribution in [-0.4, -0.2) is 44.8 Å². The number of rotatable bonds is 9. The van der Waals surface area contributed by atoms with Gasteiger partial charge in [0.1, 0.15) is 0 Å². The van der Waals surface area contributed by atoms with Crippen molar-refractivity contribution >= 4 is 11.9 Å². The van der Waals surface area contributed by atoms with Gasteiger partial charge in [-0.05, 0) is 63.4 Å². The first-order valence-corrected chi connectivity index (χ1v) is 9.55. The van der Waals surface area contributed by atoms with E-state index < -0.39 is 5.97 Å². The number of hydrogen-bond acceptors (Lipinski definition) is 3. The lowest BCUT2D eigenvalue weighted by Crippen LogP contribution is -2.31. The van der Waals surface area contributed by atoms with E-state index in [0.717, 1.165) is 42.0 Å². The van der Waals surface area contributed by atoms with Crippen molar-refractivity contribution in [2.45, 2.75) is 53.4 Å². The molecule has 1 N–H and O–H groups in total. The summed E-state index contributed by atoms with van der Waals surface area (Å²) in [5.74, 6) is -0.763. The van der Waals surface area contributed by atoms with Gasteiger partial charge in [-0.25, -0.2) is 4.68 Å². The minimum atomic E-state index is -0.812. The van der Waals surface area contributed by atoms with E-state index in [2.05, 4.69) is 12.0 Å². The second-order valence-electron chi connectivity index (χ2n) is 6.74. The highest BCUT2D eigenvalue weighted by molar-refractivity contribution is 5.94. The van der Waals surface area contributed by atoms with Gasteiger partial charge in [0.25, 0.3) is 5.91 Å². The molecule has 2 aromatic rings. The minimum Gasteiger partial charge on any atom is -0.481 e. The molecule has 0 unspecified atom stereocenters. The summed E-state index contributed by atoms with van der Waals surface area (Å²) in [4.78, 5) is 25.4. The third kappa shape index (κ3) is 4.96. The van der Waals surface area contributed by atoms with E-state index in [4.69, 9.17) is 5.11 Å². The Kier molecular flexibility index (Phi) is 7.16. The molecule has 0 aliphatic rings. The Balaban J connectivity index is 2.21. The SMILES string of the molecule is CCCCN(CC)C(=O)c1ccc(-n2nc(C)c(CCC(=O)O)c2C)cc1. The van der Waals surface area contributed by atoms with E-state index >= 15 is 0 Å². The summed E-state index contributed by atoms with van der Waals surface area (Å²) in [5.41, 5.74) is 4.28. The lowest BCUT2D eigenvalue weighted by Gasteiger charge is -2.20. The van der Waals surface area contributed by atoms with Crippen LogP contribution in [0.3, 0.4) is 0 Å². The summed E-state index contributed by atoms with van der Waals surface area (Å²) >= 11 is 0. The monoisotopic (exact) mass is 371 g/mol. The van der Waals surface area contributed by atoms with Crippen molar-refractivity contribution in [1.29, 1.82) is 0 Å². The molecule has 1 amide bonds. The topological polar surface area (TPSA) is 75.4 Å². The molecule has 6 heteroatoms. The molecule has 0 bridgehead atoms. The normalized spacial score (nSPS) is 10.8. The standard InChI is InChI=1S/C21H29N3O3/c1-5-7-14-23(6-2)21(27)17-8-10-18(11-9-17)24-16(4)19(15(3)22-24)12-13-20(25)26/h8-11H,5-7,12-14H2,1-4H3,(H,25,26). The van der Waals surface area contributed by atoms with E-state index in [1.54, 1.807) is 0 Å². The molecule has 0 atom stereocenters. The molecule has 2 rings (SSSR count). The van der Waals surface area contributed by atoms with Gasteiger partial charge in [0.15, 0.2) is 0 Å². The van der Waals surface area contributed by atoms with Crippen molar-refractivity contribution in [1.82, 2.24) is 14.7 Å². The predicted octanol–water partition coefficient (Wildman–Crippen LogP) is 3.77. The van der Waals surface area contributed by atoms with Gasteiger partial charge < -0.3 is 10.0 Å². The van der Waals surface area contributed by atoms with Crippen LogP contribution in [0.1, 0.15) is 60.4 Å². The molecule has 0 saturated carbocycles. The first-order chi connectivity index (χ1) is 12.9. The molecule has 0 fully saturated rings. The van der Waals surface area contributed by atoms with E-state index in [1.165, 1.54) is 0 Å². The fraction of sp³-hybridized carbons (Fsp3) is 0.476. The van der Waals surface area contributed by atoms with Crippen LogP contribution < -0.4 is 0 Å². The summed E-state index contributed by atoms with van der Waals surface area (Å²) < 4.78 is 1.81. The maximum atomic E-state index is 12.7. The number of nitrogens with zero attached hydrogens (tertiary/aromatic N) is 3. The van der Waals surface area contributed by atoms with Crippen molar-refractivity contribution in [3.63, 3.8) is 0 Å². The van der Waals surface area contributed by atoms with Gasteiger partial charge in [0, 0.05) is 30.8 Å². The second kappa shape index (κ2) is 9.35. The number of benzene rings is 1. The van der Waals surface area contributed by atoms with Crippen LogP contribution in [0.4, 0.5) is 0 Å². The van der Waals surface area contributed by atoms with Gasteiger partial charge in [-0.2, -0.15) is 5.10 Å². The van der Waals surface area contributed by atoms with Crippen LogP contribution >= 0.6 is 0 Å². The maximum Gasteiger partial charge on any atom is 0.303 e. The number of carboxylic acid groups (broad SMARTS) is 1. The smallest absolute Gasteiger partial charge is 0.303 e. The number of carboxylic acids is 1. The lowest BCUT2D eigenvalue weighted by atomic mass is 10.1. The average molecular weight is 371 g/mol. The van der Waals surface area contributed by atoms with E-state index in [1.807, 2.05) is 54.6 Å². The Bertz CT molecular complexity index is 794. The lowest BCUT2D eigenvalue weighted by molar-refractivity contribution is -0.136. The van der Waals surface area contributed by atoms with Gasteiger partial charge in [-0.1, -0.05) is 13.3 Å². The van der Waals surface area contributed by atoms with Gasteiger partial charge in [0.2, 0.25) is 0 Å². The minimum absolute atomic E-state index is 0.0491. The van der Waals surface area contributed by atoms with Crippen LogP contribution in [-0.2, 0) is 11.2 Å². The number of aryl methyl sites for hydroxylation is 1. The first kappa shape index (κ1) is 20.7. The van der Waals surface area contributed by atoms with Crippen molar-refractivity contribution in [2.75, 3.05) is 13.1 Å². The third-order valence-electron chi connectivity index (χ3n) is 4.84. The zero-order valence-electron chi connectivity index (χ0n) is 16.7. The summed E-state index contributed by atoms with van der Waals surface area (Å²) in [6.45, 7) is 9.43. The van der Waals surface area contributed by atoms with Crippen molar-refractivity contribution in [2.24, 2.45) is 0 Å². The Labute approximate surface area is 160 Å². The van der Waals surface area contributed by atoms with E-state index in [9.17, 15) is 9.59 Å². The van der Waals surface area contributed by atoms with Crippen LogP contribution in [0.15, 0.2) is 24.3 Å². The Hall–Kier alpha value is -2.63. The fourth-order valence-corrected chi connectivity index (χ4v) is 3.20. The molecule has 1 aromatic carbocycles. The molecule has 0 spiro atoms. The second-order valence-corrected chi connectivity index (χ2v) is 6.74. The number of unbranched alkanes of at least 4 members (excludes halogenated alkanes) is 1. The Morgan fingerprint density at radius 3 is 2.37 bits per heavy atom. The number of aromatic nitrogens is 2. The number of aliphatic carboxylic acids is 1. The highest BCUT2D eigenvalue weighted by atomic mass is 16.4. The summed E-state index contributed by atoms with van der Waals surface area (Å²) in [6.07, 6.45) is 2.62. The molecule has 1 aromatic heterocycles. The Morgan fingerprint density at radius 2 is 1.81 bits per heavy atom. The molecule has 1 heterocycles. The largest absolute Gasteiger partial charge is 0.481 e. The summed E-state index contributed by atoms with van der Waals surface area (Å²) in [7, 11) is 0. The Morgan fingerprint density at radius 1 is 1.15 bits per heavy atom. The number of hydrogen-bond donors (Lipinski definition) is 1. The molecule has 0 aliphatic carbocycles. The fourth-order valence-electron chi connectivity index (χ4n) is 3.20. The average Bonchev–Trinajstić information content (AvgIpc) is 2.94. The van der Waals surface area contributed by atoms with Crippen LogP contribution in [0.25, 0.3) is 5.69 Å². The molecule has 0 aliphatic heterocycles. The quantitative estimate of drug-likeness (QED) is 0.728. The van der Waals surface area contributed by atoms with Gasteiger partial charge in [0.05, 0.1) is 11.4 Å². The molecule has 146 valence electrons. The number of carbonyl (C=O) groups excluding carboxylic acids is 1. The summed E-state index contributed by atoms with van der Waals surface area (Å²) in [6, 6.07) is 7.45. The first-order valence-electron chi connectivity index (χ1n) is 9.55. The van der Waals surface area contributed by atoms with Gasteiger partial charge >= 0.3 is 5.97 Å². The maximum absolute atomic E-state index is 12.7. The van der Waals surface area contributed by atoms with Gasteiger partial charge in [-0.15, -0.1) is 0 Å². The molecular formula is C21H29N3O3. The molecule has 27 heavy (non-hydrogen) atoms. The van der Waals surface area contributed by atoms with Crippen LogP contribution in [0.2, 0.25) is 0 Å². The van der Waals surface area contributed by atoms with Crippen LogP contribution in [0.5, 0.6) is 0 Å². The number of amides is 1. The third-order valence-corrected chi connectivity index (χ3v) is 4.84. The molecule has 0 saturated heterocycles. The predicted molar refractivity (Wildman–Crippen MR) is 105 cm³/mol. The van der Waals surface area contributed by atoms with Crippen LogP contribution in [0, 0.1) is 13.8 Å². The van der Waals surface area contributed by atoms with E-state index in [0.29, 0.717) is 18.5 Å². The highest BCUT2D eigenvalue weighted by Gasteiger charge is 2.16. The zero-order chi connectivity index (χ0) is 20.0. The summed E-state index contributed by atoms with van der Waals surface area (Å²) in [5, 5.41) is 13.5. The highest BCUT2D eigenvalue weighted by Crippen LogP contribution is 2.20. The molecule has 6 nitrogen and oxygen atoms in total.